The first kappa shape index (κ1) is 28.7. The first-order chi connectivity index (χ1) is 17.2. The number of likely N-dealkylation sites (tertiary alicyclic amines) is 1. The van der Waals surface area contributed by atoms with Gasteiger partial charge in [0, 0.05) is 44.7 Å². The number of sulfonamides is 1. The quantitative estimate of drug-likeness (QED) is 0.366. The van der Waals surface area contributed by atoms with Crippen molar-refractivity contribution in [2.75, 3.05) is 39.3 Å². The summed E-state index contributed by atoms with van der Waals surface area (Å²) in [5.74, 6) is 0. The summed E-state index contributed by atoms with van der Waals surface area (Å²) in [5, 5.41) is -0.159. The van der Waals surface area contributed by atoms with E-state index in [0.717, 1.165) is 77.4 Å². The maximum absolute atomic E-state index is 13.0. The van der Waals surface area contributed by atoms with Gasteiger partial charge in [0.15, 0.2) is 0 Å². The maximum Gasteiger partial charge on any atom is 0.320 e. The molecule has 0 radical (unpaired) electrons. The van der Waals surface area contributed by atoms with Gasteiger partial charge in [-0.05, 0) is 55.8 Å². The third kappa shape index (κ3) is 6.46. The minimum absolute atomic E-state index is 0.0536. The Labute approximate surface area is 226 Å². The third-order valence-corrected chi connectivity index (χ3v) is 11.9. The molecule has 2 fully saturated rings. The van der Waals surface area contributed by atoms with Gasteiger partial charge in [-0.15, -0.1) is 0 Å². The molecule has 6 nitrogen and oxygen atoms in total. The van der Waals surface area contributed by atoms with Gasteiger partial charge in [0.05, 0.1) is 5.25 Å². The van der Waals surface area contributed by atoms with Gasteiger partial charge in [0.2, 0.25) is 10.0 Å². The number of carbonyl (C=O) groups is 1. The summed E-state index contributed by atoms with van der Waals surface area (Å²) in [4.78, 5) is 17.0. The summed E-state index contributed by atoms with van der Waals surface area (Å²) in [5.41, 5.74) is 3.28. The van der Waals surface area contributed by atoms with Crippen LogP contribution in [0.1, 0.15) is 99.3 Å². The molecule has 1 saturated carbocycles. The highest BCUT2D eigenvalue weighted by Gasteiger charge is 2.40. The lowest BCUT2D eigenvalue weighted by atomic mass is 9.70. The molecule has 2 amide bonds. The molecule has 3 heterocycles. The third-order valence-electron chi connectivity index (χ3n) is 9.58. The average Bonchev–Trinajstić information content (AvgIpc) is 3.26. The first-order valence-corrected chi connectivity index (χ1v) is 16.1. The second kappa shape index (κ2) is 10.7. The molecular weight excluding hydrogens is 482 g/mol. The summed E-state index contributed by atoms with van der Waals surface area (Å²) in [6, 6.07) is 0.198. The molecule has 1 saturated heterocycles. The Bertz CT molecular complexity index is 1010. The van der Waals surface area contributed by atoms with Gasteiger partial charge in [-0.25, -0.2) is 13.2 Å². The molecule has 37 heavy (non-hydrogen) atoms. The van der Waals surface area contributed by atoms with Gasteiger partial charge in [-0.2, -0.15) is 4.31 Å². The molecular formula is C30H51N3O3S. The van der Waals surface area contributed by atoms with Crippen LogP contribution in [-0.4, -0.2) is 73.1 Å². The fourth-order valence-corrected chi connectivity index (χ4v) is 8.80. The van der Waals surface area contributed by atoms with E-state index in [0.29, 0.717) is 19.6 Å². The molecule has 210 valence electrons. The number of nitrogens with zero attached hydrogens (tertiary/aromatic N) is 3. The highest BCUT2D eigenvalue weighted by molar-refractivity contribution is 7.89. The van der Waals surface area contributed by atoms with Crippen molar-refractivity contribution in [1.82, 2.24) is 14.1 Å². The van der Waals surface area contributed by atoms with E-state index in [-0.39, 0.29) is 27.5 Å². The van der Waals surface area contributed by atoms with Crippen LogP contribution in [0.4, 0.5) is 4.79 Å². The van der Waals surface area contributed by atoms with Crippen molar-refractivity contribution in [3.8, 4) is 0 Å². The Morgan fingerprint density at radius 2 is 1.43 bits per heavy atom. The molecule has 0 atom stereocenters. The SMILES string of the molecule is CC1(C)CN(C(=O)N2CC=C(C(C)(C)CCC(C)(C)C3=CCN(S(=O)(=O)C4CCCC4)CC3)CCC2)C1. The van der Waals surface area contributed by atoms with Crippen LogP contribution in [-0.2, 0) is 10.0 Å². The van der Waals surface area contributed by atoms with Crippen LogP contribution in [0, 0.1) is 16.2 Å². The summed E-state index contributed by atoms with van der Waals surface area (Å²) in [6.07, 6.45) is 13.4. The molecule has 0 aromatic carbocycles. The van der Waals surface area contributed by atoms with E-state index >= 15 is 0 Å². The van der Waals surface area contributed by atoms with Crippen molar-refractivity contribution in [3.05, 3.63) is 23.3 Å². The normalized spacial score (nSPS) is 24.4. The minimum Gasteiger partial charge on any atom is -0.323 e. The van der Waals surface area contributed by atoms with Gasteiger partial charge in [-0.3, -0.25) is 0 Å². The van der Waals surface area contributed by atoms with Crippen LogP contribution >= 0.6 is 0 Å². The minimum atomic E-state index is -3.15. The highest BCUT2D eigenvalue weighted by atomic mass is 32.2. The number of urea groups is 1. The fraction of sp³-hybridized carbons (Fsp3) is 0.833. The van der Waals surface area contributed by atoms with E-state index in [2.05, 4.69) is 53.7 Å². The predicted molar refractivity (Wildman–Crippen MR) is 152 cm³/mol. The Balaban J connectivity index is 1.32. The molecule has 1 aliphatic carbocycles. The van der Waals surface area contributed by atoms with Crippen LogP contribution in [0.3, 0.4) is 0 Å². The summed E-state index contributed by atoms with van der Waals surface area (Å²) in [7, 11) is -3.15. The van der Waals surface area contributed by atoms with Crippen molar-refractivity contribution in [2.45, 2.75) is 105 Å². The summed E-state index contributed by atoms with van der Waals surface area (Å²) >= 11 is 0. The second-order valence-electron chi connectivity index (χ2n) is 14.1. The Morgan fingerprint density at radius 1 is 0.865 bits per heavy atom. The van der Waals surface area contributed by atoms with Gasteiger partial charge in [0.25, 0.3) is 0 Å². The van der Waals surface area contributed by atoms with Crippen molar-refractivity contribution in [1.29, 1.82) is 0 Å². The monoisotopic (exact) mass is 533 g/mol. The number of hydrogen-bond acceptors (Lipinski definition) is 3. The van der Waals surface area contributed by atoms with Gasteiger partial charge < -0.3 is 9.80 Å². The predicted octanol–water partition coefficient (Wildman–Crippen LogP) is 6.21. The summed E-state index contributed by atoms with van der Waals surface area (Å²) < 4.78 is 27.8. The lowest BCUT2D eigenvalue weighted by Crippen LogP contribution is -2.59. The largest absolute Gasteiger partial charge is 0.323 e. The van der Waals surface area contributed by atoms with E-state index < -0.39 is 10.0 Å². The zero-order chi connectivity index (χ0) is 27.1. The van der Waals surface area contributed by atoms with Gasteiger partial charge in [0.1, 0.15) is 0 Å². The lowest BCUT2D eigenvalue weighted by Gasteiger charge is -2.47. The topological polar surface area (TPSA) is 60.9 Å². The fourth-order valence-electron chi connectivity index (χ4n) is 6.82. The van der Waals surface area contributed by atoms with E-state index in [9.17, 15) is 13.2 Å². The standard InChI is InChI=1S/C30H51N3O3S/c1-28(2)22-32(23-28)27(34)31-18-9-10-24(13-19-31)29(3,4)16-17-30(5,6)25-14-20-33(21-15-25)37(35,36)26-11-7-8-12-26/h13-14,26H,7-12,15-23H2,1-6H3. The van der Waals surface area contributed by atoms with Crippen LogP contribution in [0.5, 0.6) is 0 Å². The molecule has 3 aliphatic heterocycles. The van der Waals surface area contributed by atoms with Crippen LogP contribution in [0.25, 0.3) is 0 Å². The van der Waals surface area contributed by atoms with Crippen LogP contribution < -0.4 is 0 Å². The summed E-state index contributed by atoms with van der Waals surface area (Å²) in [6.45, 7) is 18.2. The molecule has 0 bridgehead atoms. The van der Waals surface area contributed by atoms with Crippen LogP contribution in [0.15, 0.2) is 23.3 Å². The number of amides is 2. The van der Waals surface area contributed by atoms with Gasteiger partial charge in [-0.1, -0.05) is 77.7 Å². The van der Waals surface area contributed by atoms with E-state index in [1.54, 1.807) is 4.31 Å². The first-order valence-electron chi connectivity index (χ1n) is 14.6. The average molecular weight is 534 g/mol. The molecule has 4 aliphatic rings. The maximum atomic E-state index is 13.0. The molecule has 0 aromatic rings. The number of carbonyl (C=O) groups excluding carboxylic acids is 1. The number of allylic oxidation sites excluding steroid dienone is 1. The van der Waals surface area contributed by atoms with Crippen molar-refractivity contribution < 1.29 is 13.2 Å². The lowest BCUT2D eigenvalue weighted by molar-refractivity contribution is 0.0442. The zero-order valence-electron chi connectivity index (χ0n) is 24.3. The van der Waals surface area contributed by atoms with Crippen LogP contribution in [0.2, 0.25) is 0 Å². The van der Waals surface area contributed by atoms with Crippen molar-refractivity contribution in [3.63, 3.8) is 0 Å². The van der Waals surface area contributed by atoms with E-state index in [4.69, 9.17) is 0 Å². The number of hydrogen-bond donors (Lipinski definition) is 0. The Morgan fingerprint density at radius 3 is 1.97 bits per heavy atom. The second-order valence-corrected chi connectivity index (χ2v) is 16.4. The van der Waals surface area contributed by atoms with E-state index in [1.807, 2.05) is 9.80 Å². The van der Waals surface area contributed by atoms with Crippen molar-refractivity contribution >= 4 is 16.1 Å². The molecule has 0 aromatic heterocycles. The Hall–Kier alpha value is -1.34. The molecule has 7 heteroatoms. The smallest absolute Gasteiger partial charge is 0.320 e. The molecule has 4 rings (SSSR count). The molecule has 0 N–H and O–H groups in total. The molecule has 0 unspecified atom stereocenters. The molecule has 0 spiro atoms. The zero-order valence-corrected chi connectivity index (χ0v) is 25.1. The highest BCUT2D eigenvalue weighted by Crippen LogP contribution is 2.43. The Kier molecular flexibility index (Phi) is 8.27. The van der Waals surface area contributed by atoms with Gasteiger partial charge >= 0.3 is 6.03 Å². The van der Waals surface area contributed by atoms with Crippen molar-refractivity contribution in [2.24, 2.45) is 16.2 Å². The van der Waals surface area contributed by atoms with E-state index in [1.165, 1.54) is 11.1 Å². The number of rotatable bonds is 7.